The molecule has 0 atom stereocenters. The number of fused-ring (bicyclic) bond motifs is 2. The van der Waals surface area contributed by atoms with Crippen LogP contribution in [-0.2, 0) is 6.61 Å². The lowest BCUT2D eigenvalue weighted by atomic mass is 9.97. The fourth-order valence-electron chi connectivity index (χ4n) is 6.56. The highest BCUT2D eigenvalue weighted by molar-refractivity contribution is 5.97. The van der Waals surface area contributed by atoms with Crippen LogP contribution < -0.4 is 5.56 Å². The van der Waals surface area contributed by atoms with Gasteiger partial charge in [0.2, 0.25) is 0 Å². The highest BCUT2D eigenvalue weighted by Crippen LogP contribution is 2.41. The van der Waals surface area contributed by atoms with Gasteiger partial charge in [-0.2, -0.15) is 14.9 Å². The smallest absolute Gasteiger partial charge is 0.279 e. The van der Waals surface area contributed by atoms with Crippen LogP contribution in [0.25, 0.3) is 49.9 Å². The summed E-state index contributed by atoms with van der Waals surface area (Å²) in [4.78, 5) is 24.1. The first-order chi connectivity index (χ1) is 21.1. The van der Waals surface area contributed by atoms with Gasteiger partial charge in [-0.15, -0.1) is 0 Å². The molecular weight excluding hydrogens is 538 g/mol. The molecule has 0 unspecified atom stereocenters. The van der Waals surface area contributed by atoms with E-state index in [1.165, 1.54) is 23.1 Å². The standard InChI is InChI=1S/C34H33N7O2/c1-39-13-10-25(11-14-39)40-19-24(18-36-40)31-16-29-28(9-12-35-33(29)38-31)27-3-2-4-32(30(27)20-42)41-34(43)26-8-7-22(21-5-6-21)15-23(26)17-37-41/h2-4,7-9,12,15-19,21,25,42H,5-6,10-11,13-14,20H2,1H3,(H,35,38). The first-order valence-electron chi connectivity index (χ1n) is 15.0. The van der Waals surface area contributed by atoms with Gasteiger partial charge in [0.25, 0.3) is 5.56 Å². The number of hydrogen-bond donors (Lipinski definition) is 2. The lowest BCUT2D eigenvalue weighted by Crippen LogP contribution is -2.31. The topological polar surface area (TPSA) is 105 Å². The molecule has 1 aliphatic heterocycles. The second-order valence-corrected chi connectivity index (χ2v) is 12.0. The maximum absolute atomic E-state index is 13.6. The van der Waals surface area contributed by atoms with Crippen LogP contribution in [0.4, 0.5) is 0 Å². The molecular formula is C34H33N7O2. The van der Waals surface area contributed by atoms with Crippen molar-refractivity contribution in [1.82, 2.24) is 34.4 Å². The van der Waals surface area contributed by atoms with Gasteiger partial charge in [0.15, 0.2) is 0 Å². The van der Waals surface area contributed by atoms with E-state index in [-0.39, 0.29) is 12.2 Å². The third-order valence-electron chi connectivity index (χ3n) is 9.19. The Hall–Kier alpha value is -4.60. The van der Waals surface area contributed by atoms with Crippen molar-refractivity contribution in [2.24, 2.45) is 0 Å². The Morgan fingerprint density at radius 1 is 0.953 bits per heavy atom. The number of likely N-dealkylation sites (tertiary alicyclic amines) is 1. The van der Waals surface area contributed by atoms with Crippen LogP contribution >= 0.6 is 0 Å². The van der Waals surface area contributed by atoms with Crippen molar-refractivity contribution in [2.45, 2.75) is 44.2 Å². The van der Waals surface area contributed by atoms with Gasteiger partial charge in [-0.05, 0) is 98.8 Å². The van der Waals surface area contributed by atoms with Gasteiger partial charge in [0, 0.05) is 34.3 Å². The van der Waals surface area contributed by atoms with E-state index in [4.69, 9.17) is 5.10 Å². The maximum Gasteiger partial charge on any atom is 0.279 e. The zero-order chi connectivity index (χ0) is 29.1. The van der Waals surface area contributed by atoms with E-state index in [0.29, 0.717) is 28.6 Å². The predicted octanol–water partition coefficient (Wildman–Crippen LogP) is 5.43. The van der Waals surface area contributed by atoms with Gasteiger partial charge < -0.3 is 15.0 Å². The van der Waals surface area contributed by atoms with Crippen molar-refractivity contribution in [3.05, 3.63) is 94.8 Å². The van der Waals surface area contributed by atoms with Crippen molar-refractivity contribution in [2.75, 3.05) is 20.1 Å². The minimum Gasteiger partial charge on any atom is -0.392 e. The Labute approximate surface area is 248 Å². The molecule has 0 bridgehead atoms. The van der Waals surface area contributed by atoms with Crippen molar-refractivity contribution in [3.8, 4) is 28.1 Å². The molecule has 2 fully saturated rings. The van der Waals surface area contributed by atoms with Gasteiger partial charge in [-0.1, -0.05) is 18.2 Å². The zero-order valence-corrected chi connectivity index (χ0v) is 24.1. The van der Waals surface area contributed by atoms with E-state index in [9.17, 15) is 9.90 Å². The molecule has 4 aromatic heterocycles. The van der Waals surface area contributed by atoms with E-state index in [2.05, 4.69) is 56.1 Å². The summed E-state index contributed by atoms with van der Waals surface area (Å²) < 4.78 is 3.50. The summed E-state index contributed by atoms with van der Waals surface area (Å²) in [7, 11) is 2.17. The number of aromatic amines is 1. The predicted molar refractivity (Wildman–Crippen MR) is 167 cm³/mol. The van der Waals surface area contributed by atoms with E-state index >= 15 is 0 Å². The molecule has 9 nitrogen and oxygen atoms in total. The normalized spacial score (nSPS) is 16.4. The van der Waals surface area contributed by atoms with E-state index < -0.39 is 0 Å². The summed E-state index contributed by atoms with van der Waals surface area (Å²) in [6.45, 7) is 1.91. The number of aromatic nitrogens is 6. The van der Waals surface area contributed by atoms with E-state index in [0.717, 1.165) is 64.7 Å². The number of pyridine rings is 1. The monoisotopic (exact) mass is 571 g/mol. The number of rotatable bonds is 6. The molecule has 9 heteroatoms. The molecule has 2 N–H and O–H groups in total. The molecule has 6 aromatic rings. The molecule has 0 radical (unpaired) electrons. The number of nitrogens with zero attached hydrogens (tertiary/aromatic N) is 6. The van der Waals surface area contributed by atoms with Crippen LogP contribution in [0, 0.1) is 0 Å². The number of hydrogen-bond acceptors (Lipinski definition) is 6. The summed E-state index contributed by atoms with van der Waals surface area (Å²) in [5.74, 6) is 0.603. The third-order valence-corrected chi connectivity index (χ3v) is 9.19. The number of piperidine rings is 1. The Balaban J connectivity index is 1.18. The average molecular weight is 572 g/mol. The number of aliphatic hydroxyl groups is 1. The summed E-state index contributed by atoms with van der Waals surface area (Å²) >= 11 is 0. The molecule has 1 aliphatic carbocycles. The van der Waals surface area contributed by atoms with Crippen LogP contribution in [0.3, 0.4) is 0 Å². The highest BCUT2D eigenvalue weighted by Gasteiger charge is 2.24. The zero-order valence-electron chi connectivity index (χ0n) is 24.1. The SMILES string of the molecule is CN1CCC(n2cc(-c3cc4c(-c5cccc(-n6ncc7cc(C8CC8)ccc7c6=O)c5CO)ccnc4[nH]3)cn2)CC1. The number of aliphatic hydroxyl groups excluding tert-OH is 1. The molecule has 2 aromatic carbocycles. The average Bonchev–Trinajstić information content (AvgIpc) is 3.60. The van der Waals surface area contributed by atoms with Gasteiger partial charge in [-0.3, -0.25) is 9.48 Å². The van der Waals surface area contributed by atoms with Crippen LogP contribution in [0.2, 0.25) is 0 Å². The van der Waals surface area contributed by atoms with Crippen molar-refractivity contribution in [1.29, 1.82) is 0 Å². The highest BCUT2D eigenvalue weighted by atomic mass is 16.3. The minimum absolute atomic E-state index is 0.197. The quantitative estimate of drug-likeness (QED) is 0.276. The Morgan fingerprint density at radius 2 is 1.81 bits per heavy atom. The molecule has 1 saturated heterocycles. The second kappa shape index (κ2) is 10.3. The van der Waals surface area contributed by atoms with Gasteiger partial charge in [-0.25, -0.2) is 4.98 Å². The van der Waals surface area contributed by atoms with Crippen LogP contribution in [0.1, 0.15) is 48.8 Å². The molecule has 5 heterocycles. The van der Waals surface area contributed by atoms with Gasteiger partial charge in [0.1, 0.15) is 5.65 Å². The molecule has 0 amide bonds. The summed E-state index contributed by atoms with van der Waals surface area (Å²) in [5, 5.41) is 22.3. The first-order valence-corrected chi connectivity index (χ1v) is 15.0. The van der Waals surface area contributed by atoms with Gasteiger partial charge in [0.05, 0.1) is 41.8 Å². The number of benzene rings is 2. The molecule has 2 aliphatic rings. The summed E-state index contributed by atoms with van der Waals surface area (Å²) in [6.07, 6.45) is 12.1. The summed E-state index contributed by atoms with van der Waals surface area (Å²) in [5.41, 5.74) is 6.73. The maximum atomic E-state index is 13.6. The Bertz CT molecular complexity index is 2040. The van der Waals surface area contributed by atoms with Crippen molar-refractivity contribution in [3.63, 3.8) is 0 Å². The van der Waals surface area contributed by atoms with Crippen molar-refractivity contribution < 1.29 is 5.11 Å². The van der Waals surface area contributed by atoms with Gasteiger partial charge >= 0.3 is 0 Å². The third kappa shape index (κ3) is 4.56. The number of nitrogens with one attached hydrogen (secondary N) is 1. The largest absolute Gasteiger partial charge is 0.392 e. The fourth-order valence-corrected chi connectivity index (χ4v) is 6.56. The Morgan fingerprint density at radius 3 is 2.63 bits per heavy atom. The van der Waals surface area contributed by atoms with Crippen LogP contribution in [0.5, 0.6) is 0 Å². The lowest BCUT2D eigenvalue weighted by Gasteiger charge is -2.28. The second-order valence-electron chi connectivity index (χ2n) is 12.0. The van der Waals surface area contributed by atoms with Crippen molar-refractivity contribution >= 4 is 21.8 Å². The first kappa shape index (κ1) is 26.1. The fraction of sp³-hybridized carbons (Fsp3) is 0.294. The number of H-pyrrole nitrogens is 1. The van der Waals surface area contributed by atoms with E-state index in [1.807, 2.05) is 36.5 Å². The van der Waals surface area contributed by atoms with Crippen LogP contribution in [-0.4, -0.2) is 59.7 Å². The molecule has 216 valence electrons. The molecule has 0 spiro atoms. The molecule has 1 saturated carbocycles. The Kier molecular flexibility index (Phi) is 6.24. The minimum atomic E-state index is -0.247. The summed E-state index contributed by atoms with van der Waals surface area (Å²) in [6, 6.07) is 16.2. The van der Waals surface area contributed by atoms with E-state index in [1.54, 1.807) is 12.4 Å². The van der Waals surface area contributed by atoms with Crippen LogP contribution in [0.15, 0.2) is 78.1 Å². The molecule has 43 heavy (non-hydrogen) atoms. The molecule has 8 rings (SSSR count). The lowest BCUT2D eigenvalue weighted by molar-refractivity contribution is 0.212.